The zero-order valence-corrected chi connectivity index (χ0v) is 7.38. The van der Waals surface area contributed by atoms with Gasteiger partial charge < -0.3 is 4.42 Å². The molecule has 0 spiro atoms. The molecule has 0 N–H and O–H groups in total. The second-order valence-electron chi connectivity index (χ2n) is 2.83. The maximum atomic E-state index is 11.6. The summed E-state index contributed by atoms with van der Waals surface area (Å²) in [6.07, 6.45) is 6.33. The molecule has 0 aliphatic heterocycles. The summed E-state index contributed by atoms with van der Waals surface area (Å²) in [7, 11) is 0. The van der Waals surface area contributed by atoms with Crippen molar-refractivity contribution < 1.29 is 9.21 Å². The molecule has 2 aromatic rings. The minimum Gasteiger partial charge on any atom is -0.472 e. The number of ketones is 1. The first-order valence-electron chi connectivity index (χ1n) is 4.16. The van der Waals surface area contributed by atoms with Crippen LogP contribution in [0.5, 0.6) is 0 Å². The number of nitrogens with zero attached hydrogens (tertiary/aromatic N) is 2. The highest BCUT2D eigenvalue weighted by Crippen LogP contribution is 2.05. The molecule has 0 saturated heterocycles. The smallest absolute Gasteiger partial charge is 0.185 e. The van der Waals surface area contributed by atoms with Crippen molar-refractivity contribution >= 4 is 5.78 Å². The average Bonchev–Trinajstić information content (AvgIpc) is 2.72. The molecular formula is C10H8N2O2. The van der Waals surface area contributed by atoms with E-state index in [4.69, 9.17) is 4.42 Å². The molecule has 0 amide bonds. The molecule has 2 rings (SSSR count). The number of Topliss-reactive ketones (excluding diaryl/α,β-unsaturated/α-hetero) is 1. The van der Waals surface area contributed by atoms with Crippen molar-refractivity contribution in [3.05, 3.63) is 48.4 Å². The Kier molecular flexibility index (Phi) is 2.36. The minimum absolute atomic E-state index is 0.0335. The van der Waals surface area contributed by atoms with E-state index in [-0.39, 0.29) is 5.78 Å². The van der Waals surface area contributed by atoms with Gasteiger partial charge in [0.2, 0.25) is 0 Å². The Bertz CT molecular complexity index is 409. The lowest BCUT2D eigenvalue weighted by Crippen LogP contribution is -2.05. The van der Waals surface area contributed by atoms with Crippen LogP contribution >= 0.6 is 0 Å². The number of furan rings is 1. The summed E-state index contributed by atoms with van der Waals surface area (Å²) >= 11 is 0. The van der Waals surface area contributed by atoms with E-state index in [1.165, 1.54) is 6.33 Å². The first-order valence-corrected chi connectivity index (χ1v) is 4.16. The van der Waals surface area contributed by atoms with Crippen LogP contribution in [0.3, 0.4) is 0 Å². The Hall–Kier alpha value is -1.97. The maximum absolute atomic E-state index is 11.6. The first-order chi connectivity index (χ1) is 6.86. The molecule has 0 fully saturated rings. The van der Waals surface area contributed by atoms with Gasteiger partial charge in [0.1, 0.15) is 12.0 Å². The van der Waals surface area contributed by atoms with E-state index in [0.717, 1.165) is 5.56 Å². The molecule has 0 unspecified atom stereocenters. The lowest BCUT2D eigenvalue weighted by Gasteiger charge is -1.95. The molecule has 0 radical (unpaired) electrons. The zero-order chi connectivity index (χ0) is 9.80. The van der Waals surface area contributed by atoms with E-state index < -0.39 is 0 Å². The summed E-state index contributed by atoms with van der Waals surface area (Å²) in [5.74, 6) is -0.0335. The van der Waals surface area contributed by atoms with E-state index >= 15 is 0 Å². The molecule has 70 valence electrons. The van der Waals surface area contributed by atoms with E-state index in [1.54, 1.807) is 30.9 Å². The molecule has 0 aromatic carbocycles. The van der Waals surface area contributed by atoms with Crippen molar-refractivity contribution in [3.8, 4) is 0 Å². The van der Waals surface area contributed by atoms with Crippen LogP contribution in [0.4, 0.5) is 0 Å². The van der Waals surface area contributed by atoms with Crippen LogP contribution < -0.4 is 0 Å². The molecule has 2 heterocycles. The molecule has 0 aliphatic carbocycles. The number of carbonyl (C=O) groups excluding carboxylic acids is 1. The van der Waals surface area contributed by atoms with Crippen LogP contribution in [0.2, 0.25) is 0 Å². The Balaban J connectivity index is 2.11. The quantitative estimate of drug-likeness (QED) is 0.685. The van der Waals surface area contributed by atoms with Crippen LogP contribution in [-0.2, 0) is 6.42 Å². The van der Waals surface area contributed by atoms with Crippen molar-refractivity contribution in [2.45, 2.75) is 6.42 Å². The molecule has 2 aromatic heterocycles. The van der Waals surface area contributed by atoms with Crippen LogP contribution in [0.1, 0.15) is 16.1 Å². The van der Waals surface area contributed by atoms with E-state index in [9.17, 15) is 4.79 Å². The maximum Gasteiger partial charge on any atom is 0.185 e. The first kappa shape index (κ1) is 8.62. The Labute approximate surface area is 80.6 Å². The van der Waals surface area contributed by atoms with Gasteiger partial charge in [-0.2, -0.15) is 0 Å². The highest BCUT2D eigenvalue weighted by Gasteiger charge is 2.08. The van der Waals surface area contributed by atoms with Crippen LogP contribution in [0.25, 0.3) is 0 Å². The SMILES string of the molecule is O=C(Cc1ccoc1)c1ccncn1. The van der Waals surface area contributed by atoms with Crippen molar-refractivity contribution in [1.82, 2.24) is 9.97 Å². The van der Waals surface area contributed by atoms with Crippen molar-refractivity contribution in [3.63, 3.8) is 0 Å². The molecule has 0 bridgehead atoms. The zero-order valence-electron chi connectivity index (χ0n) is 7.38. The molecule has 0 aliphatic rings. The van der Waals surface area contributed by atoms with Gasteiger partial charge in [0, 0.05) is 12.6 Å². The van der Waals surface area contributed by atoms with Gasteiger partial charge in [0.15, 0.2) is 5.78 Å². The third-order valence-corrected chi connectivity index (χ3v) is 1.81. The van der Waals surface area contributed by atoms with Crippen LogP contribution in [-0.4, -0.2) is 15.8 Å². The summed E-state index contributed by atoms with van der Waals surface area (Å²) < 4.78 is 4.87. The summed E-state index contributed by atoms with van der Waals surface area (Å²) in [6, 6.07) is 3.36. The third-order valence-electron chi connectivity index (χ3n) is 1.81. The van der Waals surface area contributed by atoms with Crippen LogP contribution in [0.15, 0.2) is 41.6 Å². The Morgan fingerprint density at radius 1 is 1.43 bits per heavy atom. The highest BCUT2D eigenvalue weighted by molar-refractivity contribution is 5.95. The average molecular weight is 188 g/mol. The van der Waals surface area contributed by atoms with Gasteiger partial charge in [-0.25, -0.2) is 9.97 Å². The van der Waals surface area contributed by atoms with Crippen molar-refractivity contribution in [1.29, 1.82) is 0 Å². The molecular weight excluding hydrogens is 180 g/mol. The number of carbonyl (C=O) groups is 1. The summed E-state index contributed by atoms with van der Waals surface area (Å²) in [5.41, 5.74) is 1.29. The largest absolute Gasteiger partial charge is 0.472 e. The second kappa shape index (κ2) is 3.83. The predicted molar refractivity (Wildman–Crippen MR) is 48.8 cm³/mol. The van der Waals surface area contributed by atoms with Gasteiger partial charge in [-0.3, -0.25) is 4.79 Å². The lowest BCUT2D eigenvalue weighted by atomic mass is 10.1. The molecule has 0 atom stereocenters. The van der Waals surface area contributed by atoms with Crippen LogP contribution in [0, 0.1) is 0 Å². The van der Waals surface area contributed by atoms with Crippen molar-refractivity contribution in [2.24, 2.45) is 0 Å². The molecule has 0 saturated carbocycles. The Morgan fingerprint density at radius 2 is 2.36 bits per heavy atom. The third kappa shape index (κ3) is 1.85. The van der Waals surface area contributed by atoms with Gasteiger partial charge in [0.25, 0.3) is 0 Å². The number of hydrogen-bond donors (Lipinski definition) is 0. The molecule has 14 heavy (non-hydrogen) atoms. The fraction of sp³-hybridized carbons (Fsp3) is 0.100. The summed E-state index contributed by atoms with van der Waals surface area (Å²) in [5, 5.41) is 0. The van der Waals surface area contributed by atoms with Crippen molar-refractivity contribution in [2.75, 3.05) is 0 Å². The number of hydrogen-bond acceptors (Lipinski definition) is 4. The van der Waals surface area contributed by atoms with Gasteiger partial charge >= 0.3 is 0 Å². The number of rotatable bonds is 3. The minimum atomic E-state index is -0.0335. The predicted octanol–water partition coefficient (Wildman–Crippen LogP) is 1.49. The molecule has 4 heteroatoms. The van der Waals surface area contributed by atoms with E-state index in [2.05, 4.69) is 9.97 Å². The monoisotopic (exact) mass is 188 g/mol. The molecule has 4 nitrogen and oxygen atoms in total. The van der Waals surface area contributed by atoms with Gasteiger partial charge in [-0.05, 0) is 17.7 Å². The summed E-state index contributed by atoms with van der Waals surface area (Å²) in [6.45, 7) is 0. The Morgan fingerprint density at radius 3 is 3.00 bits per heavy atom. The van der Waals surface area contributed by atoms with E-state index in [0.29, 0.717) is 12.1 Å². The normalized spacial score (nSPS) is 10.0. The fourth-order valence-electron chi connectivity index (χ4n) is 1.12. The topological polar surface area (TPSA) is 56.0 Å². The summed E-state index contributed by atoms with van der Waals surface area (Å²) in [4.78, 5) is 19.2. The lowest BCUT2D eigenvalue weighted by molar-refractivity contribution is 0.0988. The van der Waals surface area contributed by atoms with E-state index in [1.807, 2.05) is 0 Å². The van der Waals surface area contributed by atoms with Gasteiger partial charge in [0.05, 0.1) is 12.5 Å². The number of aromatic nitrogens is 2. The highest BCUT2D eigenvalue weighted by atomic mass is 16.3. The second-order valence-corrected chi connectivity index (χ2v) is 2.83. The standard InChI is InChI=1S/C10H8N2O2/c13-10(5-8-2-4-14-6-8)9-1-3-11-7-12-9/h1-4,6-7H,5H2. The van der Waals surface area contributed by atoms with Gasteiger partial charge in [-0.15, -0.1) is 0 Å². The fourth-order valence-corrected chi connectivity index (χ4v) is 1.12. The van der Waals surface area contributed by atoms with Gasteiger partial charge in [-0.1, -0.05) is 0 Å².